The number of carbonyl (C=O) groups is 1. The summed E-state index contributed by atoms with van der Waals surface area (Å²) >= 11 is 4.45. The van der Waals surface area contributed by atoms with Gasteiger partial charge in [0.25, 0.3) is 5.91 Å². The van der Waals surface area contributed by atoms with Crippen LogP contribution in [0.4, 0.5) is 24.5 Å². The molecule has 0 atom stereocenters. The topological polar surface area (TPSA) is 103 Å². The molecule has 1 aliphatic heterocycles. The fourth-order valence-electron chi connectivity index (χ4n) is 3.21. The molecule has 190 valence electrons. The van der Waals surface area contributed by atoms with Gasteiger partial charge in [-0.3, -0.25) is 14.9 Å². The molecular formula is C24H15BrF3N3O5S. The number of amidine groups is 1. The first-order valence-electron chi connectivity index (χ1n) is 10.3. The van der Waals surface area contributed by atoms with Crippen molar-refractivity contribution in [1.29, 1.82) is 0 Å². The summed E-state index contributed by atoms with van der Waals surface area (Å²) in [6.07, 6.45) is -3.17. The Morgan fingerprint density at radius 3 is 2.49 bits per heavy atom. The first-order valence-corrected chi connectivity index (χ1v) is 11.9. The summed E-state index contributed by atoms with van der Waals surface area (Å²) in [4.78, 5) is 27.6. The summed E-state index contributed by atoms with van der Waals surface area (Å²) < 4.78 is 50.3. The van der Waals surface area contributed by atoms with E-state index >= 15 is 0 Å². The molecule has 0 bridgehead atoms. The van der Waals surface area contributed by atoms with Gasteiger partial charge in [-0.05, 0) is 75.7 Å². The SMILES string of the molecule is COc1cc(/C=C2\SC(=Nc3ccccc3)NC2=O)cc(Br)c1Oc1ccc(C(F)(F)F)cc1[N+](=O)[O-]. The molecule has 0 spiro atoms. The Hall–Kier alpha value is -3.84. The van der Waals surface area contributed by atoms with Gasteiger partial charge in [0.15, 0.2) is 16.7 Å². The highest BCUT2D eigenvalue weighted by molar-refractivity contribution is 9.10. The first-order chi connectivity index (χ1) is 17.5. The molecule has 3 aromatic rings. The minimum Gasteiger partial charge on any atom is -0.493 e. The van der Waals surface area contributed by atoms with Crippen molar-refractivity contribution in [3.05, 3.63) is 91.3 Å². The third-order valence-electron chi connectivity index (χ3n) is 4.88. The number of benzene rings is 3. The quantitative estimate of drug-likeness (QED) is 0.186. The van der Waals surface area contributed by atoms with Crippen LogP contribution in [0.15, 0.2) is 75.0 Å². The van der Waals surface area contributed by atoms with Crippen molar-refractivity contribution in [2.75, 3.05) is 7.11 Å². The van der Waals surface area contributed by atoms with E-state index in [0.717, 1.165) is 17.8 Å². The molecule has 0 aliphatic carbocycles. The highest BCUT2D eigenvalue weighted by Gasteiger charge is 2.34. The van der Waals surface area contributed by atoms with Crippen LogP contribution < -0.4 is 14.8 Å². The molecule has 8 nitrogen and oxygen atoms in total. The highest BCUT2D eigenvalue weighted by atomic mass is 79.9. The zero-order chi connectivity index (χ0) is 26.7. The summed E-state index contributed by atoms with van der Waals surface area (Å²) in [5, 5.41) is 14.5. The van der Waals surface area contributed by atoms with E-state index in [1.165, 1.54) is 13.2 Å². The number of thioether (sulfide) groups is 1. The van der Waals surface area contributed by atoms with Crippen LogP contribution >= 0.6 is 27.7 Å². The average Bonchev–Trinajstić information content (AvgIpc) is 3.18. The lowest BCUT2D eigenvalue weighted by Crippen LogP contribution is -2.19. The lowest BCUT2D eigenvalue weighted by Gasteiger charge is -2.14. The van der Waals surface area contributed by atoms with Gasteiger partial charge in [0, 0.05) is 6.07 Å². The van der Waals surface area contributed by atoms with E-state index in [2.05, 4.69) is 26.2 Å². The zero-order valence-electron chi connectivity index (χ0n) is 18.7. The Bertz CT molecular complexity index is 1450. The van der Waals surface area contributed by atoms with Gasteiger partial charge in [-0.1, -0.05) is 18.2 Å². The number of amides is 1. The van der Waals surface area contributed by atoms with Crippen LogP contribution in [0.1, 0.15) is 11.1 Å². The summed E-state index contributed by atoms with van der Waals surface area (Å²) in [5.41, 5.74) is -0.840. The fraction of sp³-hybridized carbons (Fsp3) is 0.0833. The Morgan fingerprint density at radius 2 is 1.84 bits per heavy atom. The number of aliphatic imine (C=N–C) groups is 1. The van der Waals surface area contributed by atoms with Crippen molar-refractivity contribution in [3.8, 4) is 17.2 Å². The number of para-hydroxylation sites is 1. The maximum absolute atomic E-state index is 13.0. The minimum atomic E-state index is -4.76. The summed E-state index contributed by atoms with van der Waals surface area (Å²) in [6, 6.07) is 14.1. The van der Waals surface area contributed by atoms with Crippen molar-refractivity contribution in [3.63, 3.8) is 0 Å². The van der Waals surface area contributed by atoms with Crippen LogP contribution in [0.5, 0.6) is 17.2 Å². The number of hydrogen-bond donors (Lipinski definition) is 1. The summed E-state index contributed by atoms with van der Waals surface area (Å²) in [7, 11) is 1.33. The standard InChI is InChI=1S/C24H15BrF3N3O5S/c1-35-19-10-13(11-20-22(32)30-23(37-20)29-15-5-3-2-4-6-15)9-16(25)21(19)36-18-8-7-14(24(26,27)28)12-17(18)31(33)34/h2-12H,1H3,(H,29,30,32)/b20-11-. The third-order valence-corrected chi connectivity index (χ3v) is 6.38. The largest absolute Gasteiger partial charge is 0.493 e. The zero-order valence-corrected chi connectivity index (χ0v) is 21.1. The van der Waals surface area contributed by atoms with E-state index in [1.54, 1.807) is 24.3 Å². The Kier molecular flexibility index (Phi) is 7.55. The molecule has 0 saturated carbocycles. The molecule has 37 heavy (non-hydrogen) atoms. The number of nitro groups is 1. The second-order valence-corrected chi connectivity index (χ2v) is 9.28. The van der Waals surface area contributed by atoms with E-state index in [-0.39, 0.29) is 21.9 Å². The fourth-order valence-corrected chi connectivity index (χ4v) is 4.59. The van der Waals surface area contributed by atoms with Crippen LogP contribution in [0.25, 0.3) is 6.08 Å². The van der Waals surface area contributed by atoms with Gasteiger partial charge in [0.05, 0.1) is 32.7 Å². The second kappa shape index (κ2) is 10.6. The molecule has 3 aromatic carbocycles. The molecule has 0 radical (unpaired) electrons. The van der Waals surface area contributed by atoms with Gasteiger partial charge in [0.2, 0.25) is 5.75 Å². The third kappa shape index (κ3) is 6.12. The van der Waals surface area contributed by atoms with Gasteiger partial charge in [-0.15, -0.1) is 0 Å². The average molecular weight is 594 g/mol. The summed E-state index contributed by atoms with van der Waals surface area (Å²) in [5.74, 6) is -0.634. The molecular weight excluding hydrogens is 579 g/mol. The van der Waals surface area contributed by atoms with Gasteiger partial charge in [-0.2, -0.15) is 13.2 Å². The number of nitrogens with zero attached hydrogens (tertiary/aromatic N) is 2. The van der Waals surface area contributed by atoms with Crippen molar-refractivity contribution in [2.24, 2.45) is 4.99 Å². The van der Waals surface area contributed by atoms with E-state index < -0.39 is 28.1 Å². The molecule has 0 unspecified atom stereocenters. The Balaban J connectivity index is 1.64. The molecule has 4 rings (SSSR count). The molecule has 1 aliphatic rings. The molecule has 1 N–H and O–H groups in total. The number of halogens is 4. The number of nitro benzene ring substituents is 1. The molecule has 13 heteroatoms. The molecule has 1 saturated heterocycles. The Labute approximate surface area is 220 Å². The molecule has 1 amide bonds. The van der Waals surface area contributed by atoms with Crippen LogP contribution in [0.2, 0.25) is 0 Å². The number of rotatable bonds is 6. The lowest BCUT2D eigenvalue weighted by molar-refractivity contribution is -0.385. The van der Waals surface area contributed by atoms with E-state index in [1.807, 2.05) is 18.2 Å². The molecule has 1 heterocycles. The number of alkyl halides is 3. The smallest absolute Gasteiger partial charge is 0.416 e. The number of hydrogen-bond acceptors (Lipinski definition) is 7. The Morgan fingerprint density at radius 1 is 1.11 bits per heavy atom. The van der Waals surface area contributed by atoms with Crippen LogP contribution in [-0.2, 0) is 11.0 Å². The van der Waals surface area contributed by atoms with Crippen LogP contribution in [0, 0.1) is 10.1 Å². The number of methoxy groups -OCH3 is 1. The second-order valence-electron chi connectivity index (χ2n) is 7.39. The maximum atomic E-state index is 13.0. The summed E-state index contributed by atoms with van der Waals surface area (Å²) in [6.45, 7) is 0. The minimum absolute atomic E-state index is 0.00219. The monoisotopic (exact) mass is 593 g/mol. The lowest BCUT2D eigenvalue weighted by atomic mass is 10.1. The van der Waals surface area contributed by atoms with Gasteiger partial charge in [0.1, 0.15) is 0 Å². The first kappa shape index (κ1) is 26.2. The van der Waals surface area contributed by atoms with Gasteiger partial charge >= 0.3 is 11.9 Å². The molecule has 1 fully saturated rings. The van der Waals surface area contributed by atoms with E-state index in [4.69, 9.17) is 9.47 Å². The van der Waals surface area contributed by atoms with Crippen LogP contribution in [0.3, 0.4) is 0 Å². The number of carbonyl (C=O) groups excluding carboxylic acids is 1. The molecule has 0 aromatic heterocycles. The highest BCUT2D eigenvalue weighted by Crippen LogP contribution is 2.44. The normalized spacial score (nSPS) is 15.6. The van der Waals surface area contributed by atoms with Crippen molar-refractivity contribution >= 4 is 56.2 Å². The van der Waals surface area contributed by atoms with Crippen molar-refractivity contribution < 1.29 is 32.4 Å². The van der Waals surface area contributed by atoms with E-state index in [9.17, 15) is 28.1 Å². The van der Waals surface area contributed by atoms with Crippen molar-refractivity contribution in [2.45, 2.75) is 6.18 Å². The number of nitrogens with one attached hydrogen (secondary N) is 1. The van der Waals surface area contributed by atoms with E-state index in [0.29, 0.717) is 33.5 Å². The van der Waals surface area contributed by atoms with Gasteiger partial charge < -0.3 is 14.8 Å². The van der Waals surface area contributed by atoms with Crippen LogP contribution in [-0.4, -0.2) is 23.1 Å². The van der Waals surface area contributed by atoms with Crippen molar-refractivity contribution in [1.82, 2.24) is 5.32 Å². The maximum Gasteiger partial charge on any atom is 0.416 e. The number of ether oxygens (including phenoxy) is 2. The van der Waals surface area contributed by atoms with Gasteiger partial charge in [-0.25, -0.2) is 4.99 Å². The predicted molar refractivity (Wildman–Crippen MR) is 136 cm³/mol. The predicted octanol–water partition coefficient (Wildman–Crippen LogP) is 7.07.